The van der Waals surface area contributed by atoms with Crippen LogP contribution in [0.25, 0.3) is 11.0 Å². The summed E-state index contributed by atoms with van der Waals surface area (Å²) in [5.41, 5.74) is 0.819. The monoisotopic (exact) mass is 414 g/mol. The first-order chi connectivity index (χ1) is 12.0. The number of rotatable bonds is 3. The van der Waals surface area contributed by atoms with Gasteiger partial charge in [0.25, 0.3) is 0 Å². The number of para-hydroxylation sites is 1. The quantitative estimate of drug-likeness (QED) is 0.525. The predicted octanol–water partition coefficient (Wildman–Crippen LogP) is 5.54. The Morgan fingerprint density at radius 3 is 2.72 bits per heavy atom. The molecule has 2 heterocycles. The summed E-state index contributed by atoms with van der Waals surface area (Å²) in [6.45, 7) is -3.01. The fourth-order valence-electron chi connectivity index (χ4n) is 3.31. The number of hydrogen-bond acceptors (Lipinski definition) is 2. The van der Waals surface area contributed by atoms with Crippen molar-refractivity contribution >= 4 is 27.0 Å². The summed E-state index contributed by atoms with van der Waals surface area (Å²) in [4.78, 5) is 4.18. The maximum absolute atomic E-state index is 14.6. The summed E-state index contributed by atoms with van der Waals surface area (Å²) in [6.07, 6.45) is -1.44. The van der Waals surface area contributed by atoms with Gasteiger partial charge in [-0.3, -0.25) is 0 Å². The van der Waals surface area contributed by atoms with Crippen molar-refractivity contribution in [1.82, 2.24) is 9.55 Å². The Bertz CT molecular complexity index is 959. The van der Waals surface area contributed by atoms with Gasteiger partial charge in [-0.1, -0.05) is 18.2 Å². The van der Waals surface area contributed by atoms with E-state index >= 15 is 0 Å². The molecule has 1 aliphatic heterocycles. The lowest BCUT2D eigenvalue weighted by atomic mass is 10.0. The van der Waals surface area contributed by atoms with Crippen molar-refractivity contribution < 1.29 is 22.3 Å². The van der Waals surface area contributed by atoms with Crippen LogP contribution in [0.2, 0.25) is 0 Å². The van der Waals surface area contributed by atoms with Gasteiger partial charge >= 0.3 is 6.61 Å². The molecule has 0 bridgehead atoms. The first kappa shape index (κ1) is 16.4. The van der Waals surface area contributed by atoms with Crippen LogP contribution in [0.1, 0.15) is 30.0 Å². The summed E-state index contributed by atoms with van der Waals surface area (Å²) in [5, 5.41) is 0. The van der Waals surface area contributed by atoms with Crippen molar-refractivity contribution in [2.75, 3.05) is 0 Å². The Kier molecular flexibility index (Phi) is 3.94. The minimum absolute atomic E-state index is 0.0200. The molecule has 1 unspecified atom stereocenters. The van der Waals surface area contributed by atoms with Crippen LogP contribution in [0.5, 0.6) is 5.75 Å². The van der Waals surface area contributed by atoms with Gasteiger partial charge in [0, 0.05) is 12.0 Å². The number of benzene rings is 2. The third kappa shape index (κ3) is 2.59. The van der Waals surface area contributed by atoms with E-state index < -0.39 is 24.6 Å². The number of imidazole rings is 1. The fourth-order valence-corrected chi connectivity index (χ4v) is 3.63. The van der Waals surface area contributed by atoms with Crippen molar-refractivity contribution in [3.05, 3.63) is 58.1 Å². The van der Waals surface area contributed by atoms with Crippen molar-refractivity contribution in [3.63, 3.8) is 0 Å². The van der Waals surface area contributed by atoms with E-state index in [4.69, 9.17) is 0 Å². The van der Waals surface area contributed by atoms with Gasteiger partial charge in [0.1, 0.15) is 17.1 Å². The number of alkyl halides is 3. The smallest absolute Gasteiger partial charge is 0.387 e. The molecule has 0 N–H and O–H groups in total. The lowest BCUT2D eigenvalue weighted by molar-refractivity contribution is -0.0507. The average molecular weight is 415 g/mol. The molecule has 3 aromatic rings. The van der Waals surface area contributed by atoms with E-state index in [9.17, 15) is 17.6 Å². The van der Waals surface area contributed by atoms with Crippen molar-refractivity contribution in [2.45, 2.75) is 25.2 Å². The second kappa shape index (κ2) is 6.01. The van der Waals surface area contributed by atoms with E-state index in [1.54, 1.807) is 24.3 Å². The maximum atomic E-state index is 14.6. The number of fused-ring (bicyclic) bond motifs is 3. The Balaban J connectivity index is 1.93. The van der Waals surface area contributed by atoms with Gasteiger partial charge in [0.15, 0.2) is 12.0 Å². The molecule has 2 aromatic carbocycles. The molecule has 2 atom stereocenters. The van der Waals surface area contributed by atoms with Gasteiger partial charge in [-0.25, -0.2) is 13.8 Å². The Labute approximate surface area is 148 Å². The van der Waals surface area contributed by atoms with E-state index in [-0.39, 0.29) is 28.0 Å². The molecule has 0 radical (unpaired) electrons. The number of halogens is 5. The molecule has 25 heavy (non-hydrogen) atoms. The van der Waals surface area contributed by atoms with Crippen LogP contribution in [0, 0.1) is 5.82 Å². The van der Waals surface area contributed by atoms with E-state index in [0.29, 0.717) is 11.1 Å². The van der Waals surface area contributed by atoms with Crippen LogP contribution in [-0.4, -0.2) is 16.2 Å². The summed E-state index contributed by atoms with van der Waals surface area (Å²) < 4.78 is 60.7. The van der Waals surface area contributed by atoms with Crippen LogP contribution >= 0.6 is 15.9 Å². The van der Waals surface area contributed by atoms with Crippen molar-refractivity contribution in [2.24, 2.45) is 0 Å². The number of nitrogens with zero attached hydrogens (tertiary/aromatic N) is 2. The molecule has 0 aliphatic carbocycles. The Morgan fingerprint density at radius 2 is 1.96 bits per heavy atom. The van der Waals surface area contributed by atoms with Crippen LogP contribution in [0.4, 0.5) is 17.6 Å². The van der Waals surface area contributed by atoms with E-state index in [0.717, 1.165) is 0 Å². The molecule has 0 saturated heterocycles. The molecule has 8 heteroatoms. The zero-order valence-corrected chi connectivity index (χ0v) is 14.2. The highest BCUT2D eigenvalue weighted by Crippen LogP contribution is 2.46. The molecule has 0 fully saturated rings. The molecule has 130 valence electrons. The van der Waals surface area contributed by atoms with Crippen LogP contribution in [0.3, 0.4) is 0 Å². The topological polar surface area (TPSA) is 27.1 Å². The van der Waals surface area contributed by atoms with Gasteiger partial charge in [-0.15, -0.1) is 0 Å². The second-order valence-corrected chi connectivity index (χ2v) is 6.56. The summed E-state index contributed by atoms with van der Waals surface area (Å²) in [5.74, 6) is -0.536. The third-order valence-corrected chi connectivity index (χ3v) is 4.90. The minimum atomic E-state index is -3.01. The molecule has 1 aliphatic rings. The van der Waals surface area contributed by atoms with Gasteiger partial charge in [0.2, 0.25) is 0 Å². The first-order valence-corrected chi connectivity index (χ1v) is 8.30. The standard InChI is InChI=1S/C17H11BrF4N2O/c18-9-5-6-11-15(14(9)20)24-12(7-10(19)16(24)23-11)8-3-1-2-4-13(8)25-17(21)22/h1-6,10,12,17H,7H2/t10-,12?/m1/s1. The highest BCUT2D eigenvalue weighted by atomic mass is 79.9. The lowest BCUT2D eigenvalue weighted by Crippen LogP contribution is -2.11. The SMILES string of the molecule is Fc1c(Br)ccc2nc3n(c12)C(c1ccccc1OC(F)F)C[C@H]3F. The second-order valence-electron chi connectivity index (χ2n) is 5.70. The largest absolute Gasteiger partial charge is 0.434 e. The molecule has 0 amide bonds. The molecule has 4 rings (SSSR count). The molecular weight excluding hydrogens is 404 g/mol. The molecule has 0 saturated carbocycles. The zero-order chi connectivity index (χ0) is 17.7. The fraction of sp³-hybridized carbons (Fsp3) is 0.235. The molecular formula is C17H11BrF4N2O. The maximum Gasteiger partial charge on any atom is 0.387 e. The number of aromatic nitrogens is 2. The third-order valence-electron chi connectivity index (χ3n) is 4.29. The predicted molar refractivity (Wildman–Crippen MR) is 87.1 cm³/mol. The first-order valence-electron chi connectivity index (χ1n) is 7.51. The van der Waals surface area contributed by atoms with E-state index in [1.165, 1.54) is 16.7 Å². The Hall–Kier alpha value is -2.09. The summed E-state index contributed by atoms with van der Waals surface area (Å²) >= 11 is 3.11. The van der Waals surface area contributed by atoms with Gasteiger partial charge < -0.3 is 9.30 Å². The van der Waals surface area contributed by atoms with Crippen LogP contribution in [-0.2, 0) is 0 Å². The lowest BCUT2D eigenvalue weighted by Gasteiger charge is -2.18. The average Bonchev–Trinajstić information content (AvgIpc) is 3.09. The van der Waals surface area contributed by atoms with Crippen molar-refractivity contribution in [3.8, 4) is 5.75 Å². The van der Waals surface area contributed by atoms with E-state index in [1.807, 2.05) is 0 Å². The van der Waals surface area contributed by atoms with E-state index in [2.05, 4.69) is 25.7 Å². The highest BCUT2D eigenvalue weighted by Gasteiger charge is 2.37. The minimum Gasteiger partial charge on any atom is -0.434 e. The molecule has 3 nitrogen and oxygen atoms in total. The van der Waals surface area contributed by atoms with Gasteiger partial charge in [-0.2, -0.15) is 8.78 Å². The number of hydrogen-bond donors (Lipinski definition) is 0. The van der Waals surface area contributed by atoms with Gasteiger partial charge in [0.05, 0.1) is 16.0 Å². The summed E-state index contributed by atoms with van der Waals surface area (Å²) in [7, 11) is 0. The number of ether oxygens (including phenoxy) is 1. The van der Waals surface area contributed by atoms with Crippen LogP contribution < -0.4 is 4.74 Å². The summed E-state index contributed by atoms with van der Waals surface area (Å²) in [6, 6.07) is 8.55. The van der Waals surface area contributed by atoms with Crippen LogP contribution in [0.15, 0.2) is 40.9 Å². The normalized spacial score (nSPS) is 19.6. The molecule has 1 aromatic heterocycles. The highest BCUT2D eigenvalue weighted by molar-refractivity contribution is 9.10. The molecule has 0 spiro atoms. The Morgan fingerprint density at radius 1 is 1.20 bits per heavy atom. The van der Waals surface area contributed by atoms with Gasteiger partial charge in [-0.05, 0) is 34.1 Å². The zero-order valence-electron chi connectivity index (χ0n) is 12.6. The van der Waals surface area contributed by atoms with Crippen molar-refractivity contribution in [1.29, 1.82) is 0 Å².